The van der Waals surface area contributed by atoms with Crippen LogP contribution in [0.25, 0.3) is 0 Å². The lowest BCUT2D eigenvalue weighted by molar-refractivity contribution is -0.117. The highest BCUT2D eigenvalue weighted by atomic mass is 19.1. The highest BCUT2D eigenvalue weighted by molar-refractivity contribution is 5.93. The first-order chi connectivity index (χ1) is 13.6. The van der Waals surface area contributed by atoms with Crippen molar-refractivity contribution in [3.8, 4) is 0 Å². The van der Waals surface area contributed by atoms with E-state index in [-0.39, 0.29) is 11.7 Å². The SMILES string of the molecule is CCc1cccc(CC)c1NC(=O)CN1CCN(Cc2cccc(F)c2)CC1. The van der Waals surface area contributed by atoms with Crippen molar-refractivity contribution in [1.82, 2.24) is 9.80 Å². The van der Waals surface area contributed by atoms with Crippen LogP contribution in [-0.2, 0) is 24.2 Å². The third kappa shape index (κ3) is 5.40. The van der Waals surface area contributed by atoms with E-state index < -0.39 is 0 Å². The van der Waals surface area contributed by atoms with Crippen molar-refractivity contribution in [2.45, 2.75) is 33.2 Å². The largest absolute Gasteiger partial charge is 0.324 e. The summed E-state index contributed by atoms with van der Waals surface area (Å²) >= 11 is 0. The van der Waals surface area contributed by atoms with Gasteiger partial charge in [-0.3, -0.25) is 14.6 Å². The number of nitrogens with one attached hydrogen (secondary N) is 1. The second-order valence-electron chi connectivity index (χ2n) is 7.39. The summed E-state index contributed by atoms with van der Waals surface area (Å²) in [5, 5.41) is 3.15. The third-order valence-corrected chi connectivity index (χ3v) is 5.39. The fourth-order valence-electron chi connectivity index (χ4n) is 3.78. The number of nitrogens with zero attached hydrogens (tertiary/aromatic N) is 2. The molecule has 3 rings (SSSR count). The van der Waals surface area contributed by atoms with Gasteiger partial charge in [-0.15, -0.1) is 0 Å². The molecule has 1 aliphatic heterocycles. The molecule has 1 aliphatic rings. The molecule has 0 aromatic heterocycles. The molecule has 1 saturated heterocycles. The maximum Gasteiger partial charge on any atom is 0.238 e. The second-order valence-corrected chi connectivity index (χ2v) is 7.39. The van der Waals surface area contributed by atoms with Gasteiger partial charge < -0.3 is 5.32 Å². The van der Waals surface area contributed by atoms with E-state index in [4.69, 9.17) is 0 Å². The molecule has 1 fully saturated rings. The molecular weight excluding hydrogens is 353 g/mol. The molecule has 0 bridgehead atoms. The fraction of sp³-hybridized carbons (Fsp3) is 0.435. The van der Waals surface area contributed by atoms with E-state index in [1.807, 2.05) is 6.07 Å². The molecule has 0 saturated carbocycles. The zero-order valence-electron chi connectivity index (χ0n) is 16.9. The number of hydrogen-bond donors (Lipinski definition) is 1. The average molecular weight is 384 g/mol. The zero-order valence-corrected chi connectivity index (χ0v) is 16.9. The predicted molar refractivity (Wildman–Crippen MR) is 112 cm³/mol. The Morgan fingerprint density at radius 3 is 2.18 bits per heavy atom. The van der Waals surface area contributed by atoms with Crippen LogP contribution in [0.4, 0.5) is 10.1 Å². The van der Waals surface area contributed by atoms with E-state index in [1.165, 1.54) is 17.2 Å². The smallest absolute Gasteiger partial charge is 0.238 e. The minimum Gasteiger partial charge on any atom is -0.324 e. The van der Waals surface area contributed by atoms with Gasteiger partial charge in [-0.2, -0.15) is 0 Å². The lowest BCUT2D eigenvalue weighted by Gasteiger charge is -2.34. The van der Waals surface area contributed by atoms with E-state index in [2.05, 4.69) is 47.2 Å². The van der Waals surface area contributed by atoms with Crippen LogP contribution in [0.5, 0.6) is 0 Å². The molecule has 1 amide bonds. The molecule has 28 heavy (non-hydrogen) atoms. The number of piperazine rings is 1. The molecule has 2 aromatic rings. The molecule has 2 aromatic carbocycles. The van der Waals surface area contributed by atoms with Gasteiger partial charge in [0.1, 0.15) is 5.82 Å². The Labute approximate surface area is 167 Å². The number of benzene rings is 2. The van der Waals surface area contributed by atoms with Crippen molar-refractivity contribution in [3.63, 3.8) is 0 Å². The van der Waals surface area contributed by atoms with Crippen molar-refractivity contribution < 1.29 is 9.18 Å². The van der Waals surface area contributed by atoms with Crippen molar-refractivity contribution in [2.24, 2.45) is 0 Å². The number of para-hydroxylation sites is 1. The number of amides is 1. The maximum atomic E-state index is 13.3. The number of aryl methyl sites for hydroxylation is 2. The Hall–Kier alpha value is -2.24. The summed E-state index contributed by atoms with van der Waals surface area (Å²) in [7, 11) is 0. The Bertz CT molecular complexity index is 778. The monoisotopic (exact) mass is 383 g/mol. The number of anilines is 1. The van der Waals surface area contributed by atoms with Crippen molar-refractivity contribution in [1.29, 1.82) is 0 Å². The topological polar surface area (TPSA) is 35.6 Å². The number of rotatable bonds is 7. The lowest BCUT2D eigenvalue weighted by Crippen LogP contribution is -2.48. The van der Waals surface area contributed by atoms with E-state index in [0.717, 1.165) is 56.8 Å². The third-order valence-electron chi connectivity index (χ3n) is 5.39. The summed E-state index contributed by atoms with van der Waals surface area (Å²) in [6.07, 6.45) is 1.81. The molecule has 1 heterocycles. The summed E-state index contributed by atoms with van der Waals surface area (Å²) in [6, 6.07) is 13.0. The Morgan fingerprint density at radius 2 is 1.57 bits per heavy atom. The highest BCUT2D eigenvalue weighted by Gasteiger charge is 2.20. The normalized spacial score (nSPS) is 15.5. The average Bonchev–Trinajstić information content (AvgIpc) is 2.69. The van der Waals surface area contributed by atoms with Gasteiger partial charge in [-0.05, 0) is 41.7 Å². The van der Waals surface area contributed by atoms with Gasteiger partial charge in [-0.25, -0.2) is 4.39 Å². The van der Waals surface area contributed by atoms with Crippen LogP contribution in [0.3, 0.4) is 0 Å². The molecule has 150 valence electrons. The molecule has 5 heteroatoms. The van der Waals surface area contributed by atoms with Crippen molar-refractivity contribution in [3.05, 3.63) is 65.0 Å². The minimum absolute atomic E-state index is 0.0502. The summed E-state index contributed by atoms with van der Waals surface area (Å²) in [5.41, 5.74) is 4.36. The molecular formula is C23H30FN3O. The standard InChI is InChI=1S/C23H30FN3O/c1-3-19-8-6-9-20(4-2)23(19)25-22(28)17-27-13-11-26(12-14-27)16-18-7-5-10-21(24)15-18/h5-10,15H,3-4,11-14,16-17H2,1-2H3,(H,25,28). The number of carbonyl (C=O) groups excluding carboxylic acids is 1. The highest BCUT2D eigenvalue weighted by Crippen LogP contribution is 2.22. The van der Waals surface area contributed by atoms with Gasteiger partial charge in [0.05, 0.1) is 6.54 Å². The molecule has 0 unspecified atom stereocenters. The maximum absolute atomic E-state index is 13.3. The quantitative estimate of drug-likeness (QED) is 0.792. The Kier molecular flexibility index (Phi) is 7.18. The van der Waals surface area contributed by atoms with E-state index in [1.54, 1.807) is 12.1 Å². The number of carbonyl (C=O) groups is 1. The van der Waals surface area contributed by atoms with Crippen LogP contribution in [0.1, 0.15) is 30.5 Å². The van der Waals surface area contributed by atoms with E-state index in [9.17, 15) is 9.18 Å². The van der Waals surface area contributed by atoms with Gasteiger partial charge in [-0.1, -0.05) is 44.2 Å². The number of hydrogen-bond acceptors (Lipinski definition) is 3. The summed E-state index contributed by atoms with van der Waals surface area (Å²) in [6.45, 7) is 8.85. The van der Waals surface area contributed by atoms with Gasteiger partial charge in [0.2, 0.25) is 5.91 Å². The van der Waals surface area contributed by atoms with E-state index in [0.29, 0.717) is 6.54 Å². The van der Waals surface area contributed by atoms with Crippen LogP contribution in [0, 0.1) is 5.82 Å². The summed E-state index contributed by atoms with van der Waals surface area (Å²) in [4.78, 5) is 17.1. The van der Waals surface area contributed by atoms with Crippen LogP contribution < -0.4 is 5.32 Å². The first kappa shape index (κ1) is 20.5. The summed E-state index contributed by atoms with van der Waals surface area (Å²) < 4.78 is 13.3. The van der Waals surface area contributed by atoms with Crippen LogP contribution in [0.15, 0.2) is 42.5 Å². The van der Waals surface area contributed by atoms with Gasteiger partial charge >= 0.3 is 0 Å². The van der Waals surface area contributed by atoms with Crippen LogP contribution in [-0.4, -0.2) is 48.4 Å². The fourth-order valence-corrected chi connectivity index (χ4v) is 3.78. The number of halogens is 1. The van der Waals surface area contributed by atoms with Crippen LogP contribution in [0.2, 0.25) is 0 Å². The van der Waals surface area contributed by atoms with Gasteiger partial charge in [0.15, 0.2) is 0 Å². The molecule has 0 atom stereocenters. The van der Waals surface area contributed by atoms with E-state index >= 15 is 0 Å². The van der Waals surface area contributed by atoms with Crippen molar-refractivity contribution in [2.75, 3.05) is 38.0 Å². The molecule has 1 N–H and O–H groups in total. The zero-order chi connectivity index (χ0) is 19.9. The molecule has 0 spiro atoms. The summed E-state index contributed by atoms with van der Waals surface area (Å²) in [5.74, 6) is -0.138. The van der Waals surface area contributed by atoms with Crippen molar-refractivity contribution >= 4 is 11.6 Å². The molecule has 0 radical (unpaired) electrons. The molecule has 4 nitrogen and oxygen atoms in total. The lowest BCUT2D eigenvalue weighted by atomic mass is 10.0. The molecule has 0 aliphatic carbocycles. The second kappa shape index (κ2) is 9.80. The van der Waals surface area contributed by atoms with Gasteiger partial charge in [0.25, 0.3) is 0 Å². The predicted octanol–water partition coefficient (Wildman–Crippen LogP) is 3.71. The first-order valence-corrected chi connectivity index (χ1v) is 10.2. The Morgan fingerprint density at radius 1 is 0.964 bits per heavy atom. The first-order valence-electron chi connectivity index (χ1n) is 10.2. The Balaban J connectivity index is 1.50. The van der Waals surface area contributed by atoms with Gasteiger partial charge in [0, 0.05) is 38.4 Å². The minimum atomic E-state index is -0.188. The van der Waals surface area contributed by atoms with Crippen LogP contribution >= 0.6 is 0 Å².